The molecule has 166 valence electrons. The van der Waals surface area contributed by atoms with E-state index >= 15 is 0 Å². The number of hydrogen-bond donors (Lipinski definition) is 0. The van der Waals surface area contributed by atoms with E-state index < -0.39 is 17.7 Å². The van der Waals surface area contributed by atoms with Crippen molar-refractivity contribution >= 4 is 17.6 Å². The molecule has 5 nitrogen and oxygen atoms in total. The van der Waals surface area contributed by atoms with Crippen molar-refractivity contribution in [3.8, 4) is 5.75 Å². The molecule has 1 unspecified atom stereocenters. The van der Waals surface area contributed by atoms with Gasteiger partial charge in [0.2, 0.25) is 5.91 Å². The third-order valence-electron chi connectivity index (χ3n) is 5.99. The second-order valence-corrected chi connectivity index (χ2v) is 8.25. The summed E-state index contributed by atoms with van der Waals surface area (Å²) in [5, 5.41) is 0. The van der Waals surface area contributed by atoms with Crippen molar-refractivity contribution in [2.75, 3.05) is 11.5 Å². The SMILES string of the molecule is Cc1ccc(COc2ccc(C3CC(=O)N(c4cccc(F)c4)C4=C3C(=O)OC4)cc2)cc1. The molecule has 0 saturated carbocycles. The number of cyclic esters (lactones) is 1. The molecule has 3 aromatic rings. The highest BCUT2D eigenvalue weighted by atomic mass is 19.1. The Labute approximate surface area is 191 Å². The van der Waals surface area contributed by atoms with Crippen molar-refractivity contribution in [2.24, 2.45) is 0 Å². The standard InChI is InChI=1S/C27H22FNO4/c1-17-5-7-18(8-6-17)15-32-22-11-9-19(10-12-22)23-14-25(30)29(21-4-2-3-20(28)13-21)24-16-33-27(31)26(23)24/h2-13,23H,14-16H2,1H3. The van der Waals surface area contributed by atoms with E-state index in [1.165, 1.54) is 28.7 Å². The van der Waals surface area contributed by atoms with Crippen LogP contribution in [-0.4, -0.2) is 18.5 Å². The van der Waals surface area contributed by atoms with E-state index in [1.54, 1.807) is 6.07 Å². The summed E-state index contributed by atoms with van der Waals surface area (Å²) in [5.41, 5.74) is 4.42. The smallest absolute Gasteiger partial charge is 0.336 e. The first-order valence-electron chi connectivity index (χ1n) is 10.8. The number of nitrogens with zero attached hydrogens (tertiary/aromatic N) is 1. The molecular weight excluding hydrogens is 421 g/mol. The molecule has 1 amide bonds. The Kier molecular flexibility index (Phi) is 5.42. The van der Waals surface area contributed by atoms with Gasteiger partial charge < -0.3 is 9.47 Å². The number of benzene rings is 3. The number of hydrogen-bond acceptors (Lipinski definition) is 4. The molecule has 5 rings (SSSR count). The summed E-state index contributed by atoms with van der Waals surface area (Å²) in [7, 11) is 0. The summed E-state index contributed by atoms with van der Waals surface area (Å²) in [5.74, 6) is -0.813. The van der Waals surface area contributed by atoms with Gasteiger partial charge in [0.25, 0.3) is 0 Å². The number of carbonyl (C=O) groups is 2. The van der Waals surface area contributed by atoms with E-state index in [2.05, 4.69) is 0 Å². The number of halogens is 1. The van der Waals surface area contributed by atoms with Gasteiger partial charge in [-0.25, -0.2) is 9.18 Å². The first-order chi connectivity index (χ1) is 16.0. The predicted molar refractivity (Wildman–Crippen MR) is 121 cm³/mol. The summed E-state index contributed by atoms with van der Waals surface area (Å²) in [6.07, 6.45) is 0.0913. The number of anilines is 1. The van der Waals surface area contributed by atoms with E-state index in [0.29, 0.717) is 29.3 Å². The van der Waals surface area contributed by atoms with E-state index in [9.17, 15) is 14.0 Å². The quantitative estimate of drug-likeness (QED) is 0.518. The summed E-state index contributed by atoms with van der Waals surface area (Å²) in [6.45, 7) is 2.48. The molecule has 0 fully saturated rings. The Balaban J connectivity index is 1.39. The number of amides is 1. The van der Waals surface area contributed by atoms with Crippen LogP contribution in [0.15, 0.2) is 84.1 Å². The minimum atomic E-state index is -0.448. The fraction of sp³-hybridized carbons (Fsp3) is 0.185. The van der Waals surface area contributed by atoms with Crippen LogP contribution in [0.2, 0.25) is 0 Å². The maximum Gasteiger partial charge on any atom is 0.336 e. The average molecular weight is 443 g/mol. The van der Waals surface area contributed by atoms with Crippen LogP contribution >= 0.6 is 0 Å². The van der Waals surface area contributed by atoms with Crippen LogP contribution in [0.4, 0.5) is 10.1 Å². The predicted octanol–water partition coefficient (Wildman–Crippen LogP) is 5.04. The van der Waals surface area contributed by atoms with Gasteiger partial charge in [-0.05, 0) is 48.4 Å². The largest absolute Gasteiger partial charge is 0.489 e. The van der Waals surface area contributed by atoms with E-state index in [0.717, 1.165) is 11.1 Å². The Morgan fingerprint density at radius 3 is 2.52 bits per heavy atom. The van der Waals surface area contributed by atoms with Crippen LogP contribution in [0, 0.1) is 12.7 Å². The second kappa shape index (κ2) is 8.54. The third-order valence-corrected chi connectivity index (χ3v) is 5.99. The van der Waals surface area contributed by atoms with Gasteiger partial charge >= 0.3 is 5.97 Å². The monoisotopic (exact) mass is 443 g/mol. The van der Waals surface area contributed by atoms with E-state index in [1.807, 2.05) is 55.5 Å². The van der Waals surface area contributed by atoms with E-state index in [-0.39, 0.29) is 18.9 Å². The third kappa shape index (κ3) is 4.12. The highest BCUT2D eigenvalue weighted by Crippen LogP contribution is 2.42. The Morgan fingerprint density at radius 2 is 1.79 bits per heavy atom. The number of rotatable bonds is 5. The van der Waals surface area contributed by atoms with Crippen molar-refractivity contribution in [3.63, 3.8) is 0 Å². The molecule has 6 heteroatoms. The molecule has 0 N–H and O–H groups in total. The summed E-state index contributed by atoms with van der Waals surface area (Å²) in [6, 6.07) is 21.4. The molecule has 1 atom stereocenters. The molecule has 2 aliphatic rings. The van der Waals surface area contributed by atoms with Crippen molar-refractivity contribution in [1.29, 1.82) is 0 Å². The Hall–Kier alpha value is -3.93. The van der Waals surface area contributed by atoms with Crippen LogP contribution < -0.4 is 9.64 Å². The summed E-state index contributed by atoms with van der Waals surface area (Å²) in [4.78, 5) is 27.0. The van der Waals surface area contributed by atoms with Gasteiger partial charge in [-0.3, -0.25) is 9.69 Å². The molecule has 0 radical (unpaired) electrons. The Morgan fingerprint density at radius 1 is 1.03 bits per heavy atom. The number of aryl methyl sites for hydroxylation is 1. The van der Waals surface area contributed by atoms with Gasteiger partial charge in [0, 0.05) is 12.3 Å². The molecule has 2 heterocycles. The topological polar surface area (TPSA) is 55.8 Å². The molecule has 0 aromatic heterocycles. The van der Waals surface area contributed by atoms with Crippen molar-refractivity contribution in [2.45, 2.75) is 25.9 Å². The highest BCUT2D eigenvalue weighted by Gasteiger charge is 2.43. The molecule has 0 spiro atoms. The average Bonchev–Trinajstić information content (AvgIpc) is 3.20. The molecule has 3 aromatic carbocycles. The number of carbonyl (C=O) groups excluding carboxylic acids is 2. The lowest BCUT2D eigenvalue weighted by Crippen LogP contribution is -2.37. The molecule has 2 aliphatic heterocycles. The van der Waals surface area contributed by atoms with Crippen LogP contribution in [0.1, 0.15) is 29.0 Å². The molecule has 0 bridgehead atoms. The van der Waals surface area contributed by atoms with Crippen LogP contribution in [-0.2, 0) is 20.9 Å². The van der Waals surface area contributed by atoms with Crippen molar-refractivity contribution in [3.05, 3.63) is 107 Å². The van der Waals surface area contributed by atoms with Gasteiger partial charge in [0.05, 0.1) is 17.0 Å². The van der Waals surface area contributed by atoms with Crippen LogP contribution in [0.5, 0.6) is 5.75 Å². The fourth-order valence-corrected chi connectivity index (χ4v) is 4.30. The van der Waals surface area contributed by atoms with Crippen molar-refractivity contribution < 1.29 is 23.5 Å². The minimum absolute atomic E-state index is 0.00926. The zero-order valence-corrected chi connectivity index (χ0v) is 18.1. The molecular formula is C27H22FNO4. The lowest BCUT2D eigenvalue weighted by molar-refractivity contribution is -0.136. The minimum Gasteiger partial charge on any atom is -0.489 e. The fourth-order valence-electron chi connectivity index (χ4n) is 4.30. The molecule has 0 aliphatic carbocycles. The lowest BCUT2D eigenvalue weighted by Gasteiger charge is -2.31. The van der Waals surface area contributed by atoms with Gasteiger partial charge in [-0.15, -0.1) is 0 Å². The molecule has 0 saturated heterocycles. The zero-order valence-electron chi connectivity index (χ0n) is 18.1. The lowest BCUT2D eigenvalue weighted by atomic mass is 9.84. The summed E-state index contributed by atoms with van der Waals surface area (Å²) >= 11 is 0. The van der Waals surface area contributed by atoms with Gasteiger partial charge in [0.1, 0.15) is 24.8 Å². The van der Waals surface area contributed by atoms with Gasteiger partial charge in [-0.1, -0.05) is 48.0 Å². The number of ether oxygens (including phenoxy) is 2. The maximum absolute atomic E-state index is 13.8. The number of esters is 1. The van der Waals surface area contributed by atoms with Crippen LogP contribution in [0.25, 0.3) is 0 Å². The first-order valence-corrected chi connectivity index (χ1v) is 10.8. The van der Waals surface area contributed by atoms with Gasteiger partial charge in [0.15, 0.2) is 0 Å². The summed E-state index contributed by atoms with van der Waals surface area (Å²) < 4.78 is 24.9. The maximum atomic E-state index is 13.8. The zero-order chi connectivity index (χ0) is 22.9. The van der Waals surface area contributed by atoms with Crippen molar-refractivity contribution in [1.82, 2.24) is 0 Å². The second-order valence-electron chi connectivity index (χ2n) is 8.25. The molecule has 33 heavy (non-hydrogen) atoms. The van der Waals surface area contributed by atoms with Crippen LogP contribution in [0.3, 0.4) is 0 Å². The highest BCUT2D eigenvalue weighted by molar-refractivity contribution is 6.06. The van der Waals surface area contributed by atoms with E-state index in [4.69, 9.17) is 9.47 Å². The first kappa shape index (κ1) is 20.9. The Bertz CT molecular complexity index is 1250. The normalized spacial score (nSPS) is 17.8. The van der Waals surface area contributed by atoms with Gasteiger partial charge in [-0.2, -0.15) is 0 Å².